The molecule has 0 aromatic heterocycles. The van der Waals surface area contributed by atoms with E-state index in [1.165, 1.54) is 0 Å². The molecule has 1 fully saturated rings. The number of hydrogen-bond acceptors (Lipinski definition) is 4. The highest BCUT2D eigenvalue weighted by Gasteiger charge is 2.25. The van der Waals surface area contributed by atoms with Crippen molar-refractivity contribution in [3.63, 3.8) is 0 Å². The van der Waals surface area contributed by atoms with Gasteiger partial charge in [0.25, 0.3) is 6.47 Å². The van der Waals surface area contributed by atoms with Crippen LogP contribution in [0, 0.1) is 11.6 Å². The number of ketones is 1. The number of halogens is 2. The molecule has 1 aliphatic heterocycles. The summed E-state index contributed by atoms with van der Waals surface area (Å²) in [7, 11) is 0. The number of rotatable bonds is 2. The molecular formula is C15H19F2NO3. The van der Waals surface area contributed by atoms with E-state index in [0.717, 1.165) is 18.2 Å². The van der Waals surface area contributed by atoms with Gasteiger partial charge in [-0.05, 0) is 39.0 Å². The van der Waals surface area contributed by atoms with Crippen molar-refractivity contribution >= 4 is 12.3 Å². The van der Waals surface area contributed by atoms with Gasteiger partial charge in [0.15, 0.2) is 0 Å². The molecule has 0 saturated carbocycles. The molecule has 4 nitrogen and oxygen atoms in total. The Kier molecular flexibility index (Phi) is 5.96. The Morgan fingerprint density at radius 2 is 2.00 bits per heavy atom. The van der Waals surface area contributed by atoms with Crippen molar-refractivity contribution in [3.05, 3.63) is 35.4 Å². The van der Waals surface area contributed by atoms with E-state index in [2.05, 4.69) is 10.1 Å². The maximum Gasteiger partial charge on any atom is 0.293 e. The number of carbonyl (C=O) groups excluding carboxylic acids is 2. The molecule has 0 spiro atoms. The van der Waals surface area contributed by atoms with Gasteiger partial charge in [0, 0.05) is 18.0 Å². The molecule has 1 aromatic carbocycles. The van der Waals surface area contributed by atoms with Crippen molar-refractivity contribution in [1.29, 1.82) is 0 Å². The third-order valence-corrected chi connectivity index (χ3v) is 2.71. The molecule has 0 bridgehead atoms. The molecule has 1 unspecified atom stereocenters. The summed E-state index contributed by atoms with van der Waals surface area (Å²) in [6.07, 6.45) is 0.236. The summed E-state index contributed by atoms with van der Waals surface area (Å²) in [5, 5.41) is 2.83. The molecular weight excluding hydrogens is 280 g/mol. The fourth-order valence-electron chi connectivity index (χ4n) is 1.75. The van der Waals surface area contributed by atoms with Crippen LogP contribution < -0.4 is 5.32 Å². The number of benzene rings is 1. The lowest BCUT2D eigenvalue weighted by atomic mass is 10.0. The van der Waals surface area contributed by atoms with Crippen molar-refractivity contribution in [2.45, 2.75) is 38.8 Å². The monoisotopic (exact) mass is 299 g/mol. The summed E-state index contributed by atoms with van der Waals surface area (Å²) < 4.78 is 30.6. The van der Waals surface area contributed by atoms with E-state index < -0.39 is 11.6 Å². The maximum absolute atomic E-state index is 13.2. The van der Waals surface area contributed by atoms with Crippen LogP contribution in [0.5, 0.6) is 0 Å². The molecule has 1 heterocycles. The predicted octanol–water partition coefficient (Wildman–Crippen LogP) is 2.53. The molecule has 21 heavy (non-hydrogen) atoms. The van der Waals surface area contributed by atoms with Crippen molar-refractivity contribution in [2.75, 3.05) is 6.54 Å². The Hall–Kier alpha value is -1.82. The Balaban J connectivity index is 0.000000270. The van der Waals surface area contributed by atoms with Gasteiger partial charge in [-0.15, -0.1) is 0 Å². The van der Waals surface area contributed by atoms with Gasteiger partial charge in [-0.1, -0.05) is 0 Å². The van der Waals surface area contributed by atoms with Gasteiger partial charge in [0.05, 0.1) is 6.54 Å². The van der Waals surface area contributed by atoms with Crippen LogP contribution in [0.2, 0.25) is 0 Å². The summed E-state index contributed by atoms with van der Waals surface area (Å²) >= 11 is 0. The summed E-state index contributed by atoms with van der Waals surface area (Å²) in [6.45, 7) is 6.16. The van der Waals surface area contributed by atoms with Crippen LogP contribution >= 0.6 is 0 Å². The van der Waals surface area contributed by atoms with Crippen molar-refractivity contribution in [1.82, 2.24) is 5.32 Å². The molecule has 1 N–H and O–H groups in total. The minimum atomic E-state index is -0.484. The number of hydrogen-bond donors (Lipinski definition) is 1. The average Bonchev–Trinajstić information content (AvgIpc) is 2.78. The number of Topliss-reactive ketones (excluding diaryl/α,β-unsaturated/α-hetero) is 1. The fourth-order valence-corrected chi connectivity index (χ4v) is 1.75. The van der Waals surface area contributed by atoms with E-state index >= 15 is 0 Å². The third-order valence-electron chi connectivity index (χ3n) is 2.71. The normalized spacial score (nSPS) is 18.0. The standard InChI is InChI=1S/C10H9F2NO.C5H10O2/c11-6-1-2-9(12)8(3-6)10-4-7(14)5-13-10;1-5(2,3)7-4-6/h1-3,10,13H,4-5H2;4H,1-3H3. The highest BCUT2D eigenvalue weighted by Crippen LogP contribution is 2.24. The molecule has 0 radical (unpaired) electrons. The van der Waals surface area contributed by atoms with Crippen molar-refractivity contribution in [2.24, 2.45) is 0 Å². The lowest BCUT2D eigenvalue weighted by molar-refractivity contribution is -0.138. The molecule has 1 aromatic rings. The largest absolute Gasteiger partial charge is 0.462 e. The molecule has 1 aliphatic rings. The molecule has 2 rings (SSSR count). The first-order valence-corrected chi connectivity index (χ1v) is 6.54. The lowest BCUT2D eigenvalue weighted by Crippen LogP contribution is -2.17. The van der Waals surface area contributed by atoms with Gasteiger partial charge in [0.2, 0.25) is 0 Å². The van der Waals surface area contributed by atoms with E-state index in [4.69, 9.17) is 0 Å². The van der Waals surface area contributed by atoms with Crippen LogP contribution in [0.25, 0.3) is 0 Å². The van der Waals surface area contributed by atoms with Gasteiger partial charge < -0.3 is 10.1 Å². The zero-order valence-electron chi connectivity index (χ0n) is 12.3. The van der Waals surface area contributed by atoms with Gasteiger partial charge in [-0.2, -0.15) is 0 Å². The van der Waals surface area contributed by atoms with Crippen LogP contribution in [0.15, 0.2) is 18.2 Å². The summed E-state index contributed by atoms with van der Waals surface area (Å²) in [5.41, 5.74) is -0.0854. The summed E-state index contributed by atoms with van der Waals surface area (Å²) in [6, 6.07) is 2.90. The van der Waals surface area contributed by atoms with Gasteiger partial charge in [0.1, 0.15) is 23.0 Å². The predicted molar refractivity (Wildman–Crippen MR) is 73.6 cm³/mol. The summed E-state index contributed by atoms with van der Waals surface area (Å²) in [4.78, 5) is 20.5. The number of ether oxygens (including phenoxy) is 1. The minimum absolute atomic E-state index is 0.0265. The van der Waals surface area contributed by atoms with Crippen LogP contribution in [-0.2, 0) is 14.3 Å². The average molecular weight is 299 g/mol. The number of carbonyl (C=O) groups is 2. The van der Waals surface area contributed by atoms with Crippen LogP contribution in [0.3, 0.4) is 0 Å². The smallest absolute Gasteiger partial charge is 0.293 e. The first kappa shape index (κ1) is 17.2. The van der Waals surface area contributed by atoms with E-state index in [-0.39, 0.29) is 36.0 Å². The first-order valence-electron chi connectivity index (χ1n) is 6.54. The second kappa shape index (κ2) is 7.26. The number of nitrogens with one attached hydrogen (secondary N) is 1. The van der Waals surface area contributed by atoms with Gasteiger partial charge >= 0.3 is 0 Å². The van der Waals surface area contributed by atoms with E-state index in [9.17, 15) is 18.4 Å². The summed E-state index contributed by atoms with van der Waals surface area (Å²) in [5.74, 6) is -0.931. The Morgan fingerprint density at radius 1 is 1.33 bits per heavy atom. The molecule has 0 aliphatic carbocycles. The second-order valence-corrected chi connectivity index (χ2v) is 5.67. The quantitative estimate of drug-likeness (QED) is 0.853. The highest BCUT2D eigenvalue weighted by molar-refractivity contribution is 5.83. The van der Waals surface area contributed by atoms with E-state index in [1.54, 1.807) is 0 Å². The van der Waals surface area contributed by atoms with Crippen molar-refractivity contribution in [3.8, 4) is 0 Å². The van der Waals surface area contributed by atoms with Gasteiger partial charge in [-0.25, -0.2) is 8.78 Å². The van der Waals surface area contributed by atoms with Crippen LogP contribution in [0.4, 0.5) is 8.78 Å². The molecule has 0 amide bonds. The van der Waals surface area contributed by atoms with Gasteiger partial charge in [-0.3, -0.25) is 9.59 Å². The zero-order chi connectivity index (χ0) is 16.0. The zero-order valence-corrected chi connectivity index (χ0v) is 12.3. The first-order chi connectivity index (χ1) is 9.73. The van der Waals surface area contributed by atoms with Crippen LogP contribution in [0.1, 0.15) is 38.8 Å². The topological polar surface area (TPSA) is 55.4 Å². The maximum atomic E-state index is 13.2. The lowest BCUT2D eigenvalue weighted by Gasteiger charge is -2.14. The Bertz CT molecular complexity index is 512. The SMILES string of the molecule is CC(C)(C)OC=O.O=C1CNC(c2cc(F)ccc2F)C1. The minimum Gasteiger partial charge on any atom is -0.462 e. The Labute approximate surface area is 122 Å². The highest BCUT2D eigenvalue weighted by atomic mass is 19.1. The van der Waals surface area contributed by atoms with Crippen LogP contribution in [-0.4, -0.2) is 24.4 Å². The molecule has 6 heteroatoms. The van der Waals surface area contributed by atoms with E-state index in [1.807, 2.05) is 20.8 Å². The third kappa shape index (κ3) is 5.99. The Morgan fingerprint density at radius 3 is 2.43 bits per heavy atom. The van der Waals surface area contributed by atoms with E-state index in [0.29, 0.717) is 6.47 Å². The fraction of sp³-hybridized carbons (Fsp3) is 0.467. The second-order valence-electron chi connectivity index (χ2n) is 5.67. The molecule has 1 saturated heterocycles. The van der Waals surface area contributed by atoms with Crippen molar-refractivity contribution < 1.29 is 23.1 Å². The molecule has 116 valence electrons. The molecule has 1 atom stereocenters.